The van der Waals surface area contributed by atoms with Gasteiger partial charge in [0.25, 0.3) is 5.56 Å². The second-order valence-electron chi connectivity index (χ2n) is 4.71. The van der Waals surface area contributed by atoms with Crippen molar-refractivity contribution in [1.82, 2.24) is 9.97 Å². The summed E-state index contributed by atoms with van der Waals surface area (Å²) in [6.07, 6.45) is 2.63. The van der Waals surface area contributed by atoms with Crippen LogP contribution in [0.1, 0.15) is 20.3 Å². The van der Waals surface area contributed by atoms with E-state index in [4.69, 9.17) is 0 Å². The van der Waals surface area contributed by atoms with E-state index < -0.39 is 0 Å². The summed E-state index contributed by atoms with van der Waals surface area (Å²) in [6, 6.07) is 0. The monoisotopic (exact) mass is 319 g/mol. The van der Waals surface area contributed by atoms with Gasteiger partial charge in [-0.2, -0.15) is 0 Å². The van der Waals surface area contributed by atoms with E-state index in [0.29, 0.717) is 8.99 Å². The van der Waals surface area contributed by atoms with Crippen LogP contribution >= 0.6 is 22.6 Å². The molecule has 1 aromatic rings. The van der Waals surface area contributed by atoms with Crippen molar-refractivity contribution in [2.45, 2.75) is 20.3 Å². The van der Waals surface area contributed by atoms with Crippen LogP contribution in [0, 0.1) is 8.99 Å². The first-order valence-corrected chi connectivity index (χ1v) is 6.06. The molecule has 0 bridgehead atoms. The molecule has 0 saturated carbocycles. The number of rotatable bonds is 1. The van der Waals surface area contributed by atoms with Crippen LogP contribution in [0.3, 0.4) is 0 Å². The lowest BCUT2D eigenvalue weighted by atomic mass is 9.93. The van der Waals surface area contributed by atoms with Gasteiger partial charge in [0.05, 0.1) is 6.33 Å². The van der Waals surface area contributed by atoms with Gasteiger partial charge in [0.2, 0.25) is 0 Å². The zero-order valence-electron chi connectivity index (χ0n) is 8.88. The summed E-state index contributed by atoms with van der Waals surface area (Å²) in [6.45, 7) is 6.44. The minimum absolute atomic E-state index is 0.0506. The minimum Gasteiger partial charge on any atom is -0.355 e. The standard InChI is InChI=1S/C10H14IN3O/c1-10(2)3-4-14(5-10)8-7(11)9(15)13-6-12-8/h6H,3-5H2,1-2H3,(H,12,13,15). The van der Waals surface area contributed by atoms with Gasteiger partial charge in [-0.15, -0.1) is 0 Å². The molecule has 0 unspecified atom stereocenters. The largest absolute Gasteiger partial charge is 0.355 e. The van der Waals surface area contributed by atoms with Gasteiger partial charge in [-0.1, -0.05) is 13.8 Å². The van der Waals surface area contributed by atoms with Crippen LogP contribution in [0.5, 0.6) is 0 Å². The number of anilines is 1. The molecule has 0 radical (unpaired) electrons. The highest BCUT2D eigenvalue weighted by Gasteiger charge is 2.31. The Morgan fingerprint density at radius 1 is 1.60 bits per heavy atom. The molecule has 0 amide bonds. The van der Waals surface area contributed by atoms with Gasteiger partial charge in [-0.25, -0.2) is 4.98 Å². The van der Waals surface area contributed by atoms with Crippen LogP contribution in [0.15, 0.2) is 11.1 Å². The maximum atomic E-state index is 11.4. The highest BCUT2D eigenvalue weighted by Crippen LogP contribution is 2.32. The van der Waals surface area contributed by atoms with E-state index in [9.17, 15) is 4.79 Å². The number of nitrogens with zero attached hydrogens (tertiary/aromatic N) is 2. The van der Waals surface area contributed by atoms with E-state index in [1.807, 2.05) is 0 Å². The van der Waals surface area contributed by atoms with E-state index in [0.717, 1.165) is 25.3 Å². The van der Waals surface area contributed by atoms with E-state index in [-0.39, 0.29) is 5.56 Å². The van der Waals surface area contributed by atoms with Crippen molar-refractivity contribution in [2.75, 3.05) is 18.0 Å². The lowest BCUT2D eigenvalue weighted by Gasteiger charge is -2.20. The number of H-pyrrole nitrogens is 1. The molecule has 0 aromatic carbocycles. The Labute approximate surface area is 102 Å². The number of hydrogen-bond acceptors (Lipinski definition) is 3. The first-order chi connectivity index (χ1) is 6.99. The third-order valence-corrected chi connectivity index (χ3v) is 3.73. The highest BCUT2D eigenvalue weighted by molar-refractivity contribution is 14.1. The molecule has 1 N–H and O–H groups in total. The first-order valence-electron chi connectivity index (χ1n) is 4.98. The fourth-order valence-electron chi connectivity index (χ4n) is 1.89. The molecular weight excluding hydrogens is 305 g/mol. The van der Waals surface area contributed by atoms with Crippen molar-refractivity contribution < 1.29 is 0 Å². The van der Waals surface area contributed by atoms with Gasteiger partial charge in [0, 0.05) is 13.1 Å². The zero-order chi connectivity index (χ0) is 11.1. The fourth-order valence-corrected chi connectivity index (χ4v) is 2.52. The van der Waals surface area contributed by atoms with E-state index in [1.165, 1.54) is 6.33 Å². The van der Waals surface area contributed by atoms with E-state index in [2.05, 4.69) is 51.3 Å². The van der Waals surface area contributed by atoms with Crippen molar-refractivity contribution in [1.29, 1.82) is 0 Å². The molecule has 1 aliphatic heterocycles. The number of aromatic amines is 1. The van der Waals surface area contributed by atoms with Crippen LogP contribution in [-0.4, -0.2) is 23.1 Å². The third kappa shape index (κ3) is 2.16. The number of nitrogens with one attached hydrogen (secondary N) is 1. The van der Waals surface area contributed by atoms with Crippen molar-refractivity contribution in [3.05, 3.63) is 20.3 Å². The summed E-state index contributed by atoms with van der Waals surface area (Å²) in [5.41, 5.74) is 0.276. The lowest BCUT2D eigenvalue weighted by Crippen LogP contribution is -2.27. The van der Waals surface area contributed by atoms with Gasteiger partial charge in [0.15, 0.2) is 0 Å². The van der Waals surface area contributed by atoms with Gasteiger partial charge < -0.3 is 9.88 Å². The molecule has 0 spiro atoms. The normalized spacial score (nSPS) is 19.5. The minimum atomic E-state index is -0.0506. The third-order valence-electron chi connectivity index (χ3n) is 2.76. The maximum Gasteiger partial charge on any atom is 0.266 e. The number of halogens is 1. The summed E-state index contributed by atoms with van der Waals surface area (Å²) >= 11 is 2.06. The van der Waals surface area contributed by atoms with Gasteiger partial charge in [-0.05, 0) is 34.4 Å². The summed E-state index contributed by atoms with van der Waals surface area (Å²) in [5.74, 6) is 0.824. The Morgan fingerprint density at radius 3 is 2.93 bits per heavy atom. The highest BCUT2D eigenvalue weighted by atomic mass is 127. The molecule has 2 rings (SSSR count). The van der Waals surface area contributed by atoms with Gasteiger partial charge in [0.1, 0.15) is 9.39 Å². The summed E-state index contributed by atoms with van der Waals surface area (Å²) in [7, 11) is 0. The van der Waals surface area contributed by atoms with Gasteiger partial charge in [-0.3, -0.25) is 4.79 Å². The second kappa shape index (κ2) is 3.77. The average molecular weight is 319 g/mol. The Morgan fingerprint density at radius 2 is 2.33 bits per heavy atom. The summed E-state index contributed by atoms with van der Waals surface area (Å²) in [4.78, 5) is 20.5. The summed E-state index contributed by atoms with van der Waals surface area (Å²) < 4.78 is 0.688. The average Bonchev–Trinajstić information content (AvgIpc) is 2.51. The molecule has 4 nitrogen and oxygen atoms in total. The Hall–Kier alpha value is -0.590. The quantitative estimate of drug-likeness (QED) is 0.800. The molecule has 1 fully saturated rings. The summed E-state index contributed by atoms with van der Waals surface area (Å²) in [5, 5.41) is 0. The van der Waals surface area contributed by atoms with Crippen molar-refractivity contribution in [3.63, 3.8) is 0 Å². The van der Waals surface area contributed by atoms with E-state index >= 15 is 0 Å². The van der Waals surface area contributed by atoms with Crippen LogP contribution in [0.4, 0.5) is 5.82 Å². The molecular formula is C10H14IN3O. The van der Waals surface area contributed by atoms with Crippen LogP contribution in [-0.2, 0) is 0 Å². The predicted octanol–water partition coefficient (Wildman–Crippen LogP) is 1.61. The molecule has 0 aliphatic carbocycles. The van der Waals surface area contributed by atoms with Crippen molar-refractivity contribution in [2.24, 2.45) is 5.41 Å². The molecule has 0 atom stereocenters. The fraction of sp³-hybridized carbons (Fsp3) is 0.600. The molecule has 1 aromatic heterocycles. The van der Waals surface area contributed by atoms with Crippen LogP contribution < -0.4 is 10.5 Å². The topological polar surface area (TPSA) is 49.0 Å². The van der Waals surface area contributed by atoms with Crippen LogP contribution in [0.2, 0.25) is 0 Å². The maximum absolute atomic E-state index is 11.4. The smallest absolute Gasteiger partial charge is 0.266 e. The molecule has 1 aliphatic rings. The lowest BCUT2D eigenvalue weighted by molar-refractivity contribution is 0.418. The van der Waals surface area contributed by atoms with Crippen molar-refractivity contribution in [3.8, 4) is 0 Å². The van der Waals surface area contributed by atoms with Gasteiger partial charge >= 0.3 is 0 Å². The molecule has 1 saturated heterocycles. The van der Waals surface area contributed by atoms with E-state index in [1.54, 1.807) is 0 Å². The predicted molar refractivity (Wildman–Crippen MR) is 68.2 cm³/mol. The van der Waals surface area contributed by atoms with Crippen molar-refractivity contribution >= 4 is 28.4 Å². The second-order valence-corrected chi connectivity index (χ2v) is 5.78. The zero-order valence-corrected chi connectivity index (χ0v) is 11.0. The molecule has 5 heteroatoms. The first kappa shape index (κ1) is 10.9. The molecule has 2 heterocycles. The SMILES string of the molecule is CC1(C)CCN(c2nc[nH]c(=O)c2I)C1. The number of aromatic nitrogens is 2. The Kier molecular flexibility index (Phi) is 2.74. The number of hydrogen-bond donors (Lipinski definition) is 1. The molecule has 15 heavy (non-hydrogen) atoms. The Balaban J connectivity index is 2.32. The molecule has 82 valence electrons. The van der Waals surface area contributed by atoms with Crippen LogP contribution in [0.25, 0.3) is 0 Å². The Bertz CT molecular complexity index is 427.